The Bertz CT molecular complexity index is 1360. The molecule has 0 aliphatic carbocycles. The topological polar surface area (TPSA) is 148 Å². The Morgan fingerprint density at radius 2 is 1.95 bits per heavy atom. The lowest BCUT2D eigenvalue weighted by Crippen LogP contribution is -2.22. The summed E-state index contributed by atoms with van der Waals surface area (Å²) in [5.41, 5.74) is 0.126. The van der Waals surface area contributed by atoms with Gasteiger partial charge >= 0.3 is 14.4 Å². The van der Waals surface area contributed by atoms with Crippen molar-refractivity contribution in [2.24, 2.45) is 0 Å². The van der Waals surface area contributed by atoms with Crippen molar-refractivity contribution in [1.29, 1.82) is 0 Å². The quantitative estimate of drug-likeness (QED) is 0.176. The number of aryl methyl sites for hydroxylation is 1. The zero-order chi connectivity index (χ0) is 28.0. The van der Waals surface area contributed by atoms with Crippen LogP contribution in [0.25, 0.3) is 0 Å². The number of halogens is 4. The molecule has 38 heavy (non-hydrogen) atoms. The van der Waals surface area contributed by atoms with Gasteiger partial charge in [0.05, 0.1) is 18.5 Å². The van der Waals surface area contributed by atoms with E-state index < -0.39 is 31.7 Å². The highest BCUT2D eigenvalue weighted by Gasteiger charge is 2.36. The molecule has 0 radical (unpaired) electrons. The van der Waals surface area contributed by atoms with Crippen molar-refractivity contribution in [2.75, 3.05) is 24.8 Å². The number of aromatic nitrogens is 3. The van der Waals surface area contributed by atoms with Crippen LogP contribution in [0.5, 0.6) is 5.75 Å². The van der Waals surface area contributed by atoms with Crippen molar-refractivity contribution in [1.82, 2.24) is 20.3 Å². The minimum Gasteiger partial charge on any atom is -0.495 e. The van der Waals surface area contributed by atoms with Gasteiger partial charge in [-0.2, -0.15) is 18.2 Å². The van der Waals surface area contributed by atoms with E-state index in [-0.39, 0.29) is 29.7 Å². The van der Waals surface area contributed by atoms with Crippen LogP contribution in [0.3, 0.4) is 0 Å². The average molecular weight is 618 g/mol. The number of ether oxygens (including phenoxy) is 1. The van der Waals surface area contributed by atoms with E-state index in [4.69, 9.17) is 9.63 Å². The van der Waals surface area contributed by atoms with Gasteiger partial charge < -0.3 is 20.7 Å². The van der Waals surface area contributed by atoms with Crippen molar-refractivity contribution in [3.8, 4) is 5.75 Å². The van der Waals surface area contributed by atoms with E-state index in [2.05, 4.69) is 51.4 Å². The van der Waals surface area contributed by atoms with E-state index in [9.17, 15) is 22.5 Å². The number of hydrogen-bond donors (Lipinski definition) is 4. The largest absolute Gasteiger partial charge is 0.695 e. The van der Waals surface area contributed by atoms with Gasteiger partial charge in [0, 0.05) is 17.8 Å². The van der Waals surface area contributed by atoms with E-state index in [0.717, 1.165) is 0 Å². The second-order valence-electron chi connectivity index (χ2n) is 7.51. The molecule has 0 spiro atoms. The van der Waals surface area contributed by atoms with Gasteiger partial charge in [0.1, 0.15) is 28.3 Å². The molecule has 1 aromatic carbocycles. The number of nitrogens with one attached hydrogen (secondary N) is 3. The second kappa shape index (κ2) is 12.4. The van der Waals surface area contributed by atoms with Gasteiger partial charge in [0.15, 0.2) is 5.69 Å². The number of alkyl halides is 3. The van der Waals surface area contributed by atoms with E-state index in [1.54, 1.807) is 19.1 Å². The van der Waals surface area contributed by atoms with Crippen LogP contribution in [-0.4, -0.2) is 39.9 Å². The van der Waals surface area contributed by atoms with Gasteiger partial charge in [-0.15, -0.1) is 9.42 Å². The Morgan fingerprint density at radius 3 is 2.55 bits per heavy atom. The molecule has 202 valence electrons. The van der Waals surface area contributed by atoms with Crippen molar-refractivity contribution >= 4 is 53.2 Å². The molecule has 16 heteroatoms. The van der Waals surface area contributed by atoms with Crippen molar-refractivity contribution < 1.29 is 36.7 Å². The van der Waals surface area contributed by atoms with Gasteiger partial charge in [-0.1, -0.05) is 13.0 Å². The molecule has 0 saturated heterocycles. The summed E-state index contributed by atoms with van der Waals surface area (Å²) < 4.78 is 62.7. The van der Waals surface area contributed by atoms with Crippen LogP contribution >= 0.6 is 24.2 Å². The average Bonchev–Trinajstić information content (AvgIpc) is 2.87. The van der Waals surface area contributed by atoms with Crippen LogP contribution in [0.4, 0.5) is 36.3 Å². The monoisotopic (exact) mass is 617 g/mol. The summed E-state index contributed by atoms with van der Waals surface area (Å²) in [6.07, 6.45) is -3.82. The summed E-state index contributed by atoms with van der Waals surface area (Å²) in [6, 6.07) is 6.18. The zero-order valence-electron chi connectivity index (χ0n) is 20.2. The number of anilines is 4. The third-order valence-electron chi connectivity index (χ3n) is 5.08. The maximum atomic E-state index is 13.9. The van der Waals surface area contributed by atoms with Crippen LogP contribution in [0.15, 0.2) is 35.1 Å². The first kappa shape index (κ1) is 29.2. The molecule has 2 heterocycles. The van der Waals surface area contributed by atoms with Gasteiger partial charge in [-0.25, -0.2) is 9.97 Å². The number of hydrogen-bond acceptors (Lipinski definition) is 9. The first-order valence-electron chi connectivity index (χ1n) is 10.8. The van der Waals surface area contributed by atoms with Crippen molar-refractivity contribution in [3.05, 3.63) is 57.4 Å². The standard InChI is InChI=1S/C22H21BrF3N6O5P/c1-4-12-8-16(23)30-18(20(33)27-2)17(12)31-19-13(22(24,25)26)9-28-21(32-19)29-14-6-5-11(7-15(14)36-3)10-37-38(34)35/h5-9H,4,10H2,1-3H3,(H3-,27,28,29,31,32,33,34,35)/p+1. The first-order chi connectivity index (χ1) is 18.0. The highest BCUT2D eigenvalue weighted by molar-refractivity contribution is 9.10. The van der Waals surface area contributed by atoms with E-state index in [1.165, 1.54) is 26.3 Å². The minimum atomic E-state index is -4.81. The molecule has 1 atom stereocenters. The summed E-state index contributed by atoms with van der Waals surface area (Å²) in [7, 11) is -0.0501. The number of amides is 1. The van der Waals surface area contributed by atoms with Crippen molar-refractivity contribution in [2.45, 2.75) is 26.1 Å². The second-order valence-corrected chi connectivity index (χ2v) is 9.06. The molecule has 4 N–H and O–H groups in total. The summed E-state index contributed by atoms with van der Waals surface area (Å²) in [5, 5.41) is 7.87. The van der Waals surface area contributed by atoms with Gasteiger partial charge in [-0.05, 0) is 51.7 Å². The fraction of sp³-hybridized carbons (Fsp3) is 0.273. The lowest BCUT2D eigenvalue weighted by molar-refractivity contribution is -0.137. The predicted molar refractivity (Wildman–Crippen MR) is 136 cm³/mol. The minimum absolute atomic E-state index is 0.0642. The van der Waals surface area contributed by atoms with Crippen LogP contribution < -0.4 is 20.7 Å². The lowest BCUT2D eigenvalue weighted by atomic mass is 10.1. The molecular formula is C22H22BrF3N6O5P+. The molecule has 0 fully saturated rings. The van der Waals surface area contributed by atoms with Crippen LogP contribution in [-0.2, 0) is 28.3 Å². The number of carbonyl (C=O) groups is 1. The molecular weight excluding hydrogens is 596 g/mol. The van der Waals surface area contributed by atoms with E-state index in [0.29, 0.717) is 34.0 Å². The Balaban J connectivity index is 2.04. The third-order valence-corrected chi connectivity index (χ3v) is 5.84. The Kier molecular flexibility index (Phi) is 9.55. The van der Waals surface area contributed by atoms with Crippen LogP contribution in [0.2, 0.25) is 0 Å². The Hall–Kier alpha value is -3.39. The third kappa shape index (κ3) is 7.13. The van der Waals surface area contributed by atoms with Crippen molar-refractivity contribution in [3.63, 3.8) is 0 Å². The van der Waals surface area contributed by atoms with Gasteiger partial charge in [0.25, 0.3) is 5.91 Å². The van der Waals surface area contributed by atoms with Crippen LogP contribution in [0.1, 0.15) is 34.1 Å². The molecule has 3 aromatic rings. The van der Waals surface area contributed by atoms with E-state index >= 15 is 0 Å². The van der Waals surface area contributed by atoms with E-state index in [1.807, 2.05) is 0 Å². The van der Waals surface area contributed by atoms with Gasteiger partial charge in [0.2, 0.25) is 5.95 Å². The predicted octanol–water partition coefficient (Wildman–Crippen LogP) is 5.24. The molecule has 1 unspecified atom stereocenters. The summed E-state index contributed by atoms with van der Waals surface area (Å²) in [5.74, 6) is -1.16. The summed E-state index contributed by atoms with van der Waals surface area (Å²) >= 11 is 3.22. The molecule has 0 aliphatic heterocycles. The number of rotatable bonds is 10. The summed E-state index contributed by atoms with van der Waals surface area (Å²) in [6.45, 7) is 1.61. The molecule has 11 nitrogen and oxygen atoms in total. The normalized spacial score (nSPS) is 11.6. The fourth-order valence-electron chi connectivity index (χ4n) is 3.31. The summed E-state index contributed by atoms with van der Waals surface area (Å²) in [4.78, 5) is 33.2. The number of pyridine rings is 1. The maximum absolute atomic E-state index is 13.9. The maximum Gasteiger partial charge on any atom is 0.695 e. The molecule has 0 bridgehead atoms. The SMILES string of the molecule is CCc1cc(Br)nc(C(=O)NC)c1Nc1nc(Nc2ccc(CO[P+](=O)O)cc2OC)ncc1C(F)(F)F. The number of nitrogens with zero attached hydrogens (tertiary/aromatic N) is 3. The molecule has 0 saturated carbocycles. The number of methoxy groups -OCH3 is 1. The highest BCUT2D eigenvalue weighted by Crippen LogP contribution is 2.37. The lowest BCUT2D eigenvalue weighted by Gasteiger charge is -2.19. The molecule has 2 aromatic heterocycles. The van der Waals surface area contributed by atoms with Gasteiger partial charge in [-0.3, -0.25) is 4.79 Å². The van der Waals surface area contributed by atoms with Crippen LogP contribution in [0, 0.1) is 0 Å². The highest BCUT2D eigenvalue weighted by atomic mass is 79.9. The number of benzene rings is 1. The Morgan fingerprint density at radius 1 is 1.21 bits per heavy atom. The molecule has 0 aliphatic rings. The number of carbonyl (C=O) groups excluding carboxylic acids is 1. The molecule has 1 amide bonds. The smallest absolute Gasteiger partial charge is 0.495 e. The molecule has 3 rings (SSSR count). The Labute approximate surface area is 224 Å². The fourth-order valence-corrected chi connectivity index (χ4v) is 4.02. The zero-order valence-corrected chi connectivity index (χ0v) is 22.7. The first-order valence-corrected chi connectivity index (χ1v) is 12.7.